The molecule has 1 fully saturated rings. The molecule has 0 bridgehead atoms. The normalized spacial score (nSPS) is 17.5. The smallest absolute Gasteiger partial charge is 0.224 e. The van der Waals surface area contributed by atoms with Crippen LogP contribution in [-0.4, -0.2) is 44.2 Å². The molecule has 0 saturated carbocycles. The fourth-order valence-corrected chi connectivity index (χ4v) is 3.20. The van der Waals surface area contributed by atoms with Gasteiger partial charge in [0.1, 0.15) is 6.61 Å². The van der Waals surface area contributed by atoms with Gasteiger partial charge in [-0.05, 0) is 37.6 Å². The average molecular weight is 353 g/mol. The molecule has 1 aliphatic heterocycles. The molecule has 1 aromatic rings. The SMILES string of the molecule is C=CCOc1c(Cl)cc(CN2CC[C@H](C(=O)NCC)C2)cc1OC. The van der Waals surface area contributed by atoms with Gasteiger partial charge in [-0.15, -0.1) is 0 Å². The highest BCUT2D eigenvalue weighted by atomic mass is 35.5. The van der Waals surface area contributed by atoms with Crippen molar-refractivity contribution >= 4 is 17.5 Å². The molecule has 1 aliphatic rings. The number of nitrogens with one attached hydrogen (secondary N) is 1. The predicted octanol–water partition coefficient (Wildman–Crippen LogP) is 2.87. The number of carbonyl (C=O) groups is 1. The number of benzene rings is 1. The van der Waals surface area contributed by atoms with Gasteiger partial charge in [0.05, 0.1) is 18.1 Å². The number of carbonyl (C=O) groups excluding carboxylic acids is 1. The number of methoxy groups -OCH3 is 1. The van der Waals surface area contributed by atoms with Gasteiger partial charge in [-0.1, -0.05) is 24.3 Å². The lowest BCUT2D eigenvalue weighted by Crippen LogP contribution is -2.32. The Bertz CT molecular complexity index is 592. The van der Waals surface area contributed by atoms with E-state index >= 15 is 0 Å². The van der Waals surface area contributed by atoms with Crippen LogP contribution in [0.5, 0.6) is 11.5 Å². The number of hydrogen-bond acceptors (Lipinski definition) is 4. The molecule has 6 heteroatoms. The number of nitrogens with zero attached hydrogens (tertiary/aromatic N) is 1. The van der Waals surface area contributed by atoms with Crippen LogP contribution in [-0.2, 0) is 11.3 Å². The van der Waals surface area contributed by atoms with Crippen LogP contribution in [0.4, 0.5) is 0 Å². The van der Waals surface area contributed by atoms with Gasteiger partial charge in [-0.2, -0.15) is 0 Å². The molecule has 5 nitrogen and oxygen atoms in total. The molecule has 1 heterocycles. The summed E-state index contributed by atoms with van der Waals surface area (Å²) in [4.78, 5) is 14.2. The molecule has 1 aromatic carbocycles. The summed E-state index contributed by atoms with van der Waals surface area (Å²) in [5, 5.41) is 3.41. The zero-order valence-corrected chi connectivity index (χ0v) is 15.1. The second-order valence-electron chi connectivity index (χ2n) is 5.82. The maximum absolute atomic E-state index is 11.9. The maximum Gasteiger partial charge on any atom is 0.224 e. The van der Waals surface area contributed by atoms with Crippen molar-refractivity contribution in [1.82, 2.24) is 10.2 Å². The van der Waals surface area contributed by atoms with Gasteiger partial charge in [-0.3, -0.25) is 9.69 Å². The molecular formula is C18H25ClN2O3. The monoisotopic (exact) mass is 352 g/mol. The lowest BCUT2D eigenvalue weighted by atomic mass is 10.1. The quantitative estimate of drug-likeness (QED) is 0.731. The fraction of sp³-hybridized carbons (Fsp3) is 0.500. The summed E-state index contributed by atoms with van der Waals surface area (Å²) in [7, 11) is 1.59. The van der Waals surface area contributed by atoms with Gasteiger partial charge in [0.25, 0.3) is 0 Å². The first-order chi connectivity index (χ1) is 11.6. The Morgan fingerprint density at radius 1 is 1.54 bits per heavy atom. The first-order valence-electron chi connectivity index (χ1n) is 8.19. The van der Waals surface area contributed by atoms with Crippen molar-refractivity contribution in [2.45, 2.75) is 19.9 Å². The lowest BCUT2D eigenvalue weighted by Gasteiger charge is -2.18. The number of hydrogen-bond donors (Lipinski definition) is 1. The van der Waals surface area contributed by atoms with Gasteiger partial charge in [0.2, 0.25) is 5.91 Å². The minimum atomic E-state index is 0.0671. The summed E-state index contributed by atoms with van der Waals surface area (Å²) in [5.74, 6) is 1.35. The van der Waals surface area contributed by atoms with Crippen molar-refractivity contribution < 1.29 is 14.3 Å². The number of amides is 1. The highest BCUT2D eigenvalue weighted by molar-refractivity contribution is 6.32. The Labute approximate surface area is 148 Å². The fourth-order valence-electron chi connectivity index (χ4n) is 2.91. The van der Waals surface area contributed by atoms with Crippen molar-refractivity contribution in [3.8, 4) is 11.5 Å². The van der Waals surface area contributed by atoms with Crippen molar-refractivity contribution in [3.63, 3.8) is 0 Å². The number of rotatable bonds is 8. The van der Waals surface area contributed by atoms with Crippen LogP contribution in [0.2, 0.25) is 5.02 Å². The van der Waals surface area contributed by atoms with Crippen LogP contribution in [0.25, 0.3) is 0 Å². The Morgan fingerprint density at radius 3 is 3.00 bits per heavy atom. The molecule has 132 valence electrons. The molecule has 1 saturated heterocycles. The second kappa shape index (κ2) is 8.94. The highest BCUT2D eigenvalue weighted by Crippen LogP contribution is 2.37. The molecule has 1 atom stereocenters. The molecule has 24 heavy (non-hydrogen) atoms. The Kier molecular flexibility index (Phi) is 6.94. The van der Waals surface area contributed by atoms with E-state index in [0.717, 1.165) is 31.6 Å². The van der Waals surface area contributed by atoms with Gasteiger partial charge >= 0.3 is 0 Å². The van der Waals surface area contributed by atoms with E-state index in [1.54, 1.807) is 13.2 Å². The first-order valence-corrected chi connectivity index (χ1v) is 8.57. The van der Waals surface area contributed by atoms with Crippen LogP contribution in [0, 0.1) is 5.92 Å². The minimum absolute atomic E-state index is 0.0671. The third kappa shape index (κ3) is 4.65. The molecule has 1 N–H and O–H groups in total. The summed E-state index contributed by atoms with van der Waals surface area (Å²) in [6, 6.07) is 3.83. The zero-order valence-electron chi connectivity index (χ0n) is 14.3. The van der Waals surface area contributed by atoms with Crippen LogP contribution in [0.3, 0.4) is 0 Å². The third-order valence-corrected chi connectivity index (χ3v) is 4.32. The lowest BCUT2D eigenvalue weighted by molar-refractivity contribution is -0.124. The number of halogens is 1. The summed E-state index contributed by atoms with van der Waals surface area (Å²) in [6.07, 6.45) is 2.55. The van der Waals surface area contributed by atoms with Gasteiger partial charge in [-0.25, -0.2) is 0 Å². The largest absolute Gasteiger partial charge is 0.493 e. The zero-order chi connectivity index (χ0) is 17.5. The van der Waals surface area contributed by atoms with Gasteiger partial charge in [0, 0.05) is 19.6 Å². The molecule has 0 unspecified atom stereocenters. The Balaban J connectivity index is 2.04. The summed E-state index contributed by atoms with van der Waals surface area (Å²) in [6.45, 7) is 9.01. The Hall–Kier alpha value is -1.72. The third-order valence-electron chi connectivity index (χ3n) is 4.04. The summed E-state index contributed by atoms with van der Waals surface area (Å²) in [5.41, 5.74) is 1.04. The van der Waals surface area contributed by atoms with Crippen LogP contribution < -0.4 is 14.8 Å². The molecule has 0 aromatic heterocycles. The van der Waals surface area contributed by atoms with Gasteiger partial charge < -0.3 is 14.8 Å². The van der Waals surface area contributed by atoms with Crippen LogP contribution in [0.1, 0.15) is 18.9 Å². The highest BCUT2D eigenvalue weighted by Gasteiger charge is 2.28. The van der Waals surface area contributed by atoms with E-state index in [1.807, 2.05) is 19.1 Å². The van der Waals surface area contributed by atoms with E-state index in [0.29, 0.717) is 29.7 Å². The van der Waals surface area contributed by atoms with E-state index in [9.17, 15) is 4.79 Å². The van der Waals surface area contributed by atoms with Gasteiger partial charge in [0.15, 0.2) is 11.5 Å². The molecule has 0 spiro atoms. The van der Waals surface area contributed by atoms with E-state index < -0.39 is 0 Å². The average Bonchev–Trinajstić information content (AvgIpc) is 3.02. The molecule has 0 aliphatic carbocycles. The van der Waals surface area contributed by atoms with E-state index in [4.69, 9.17) is 21.1 Å². The van der Waals surface area contributed by atoms with Crippen LogP contribution >= 0.6 is 11.6 Å². The van der Waals surface area contributed by atoms with Crippen molar-refractivity contribution in [3.05, 3.63) is 35.4 Å². The van der Waals surface area contributed by atoms with Crippen molar-refractivity contribution in [2.75, 3.05) is 33.4 Å². The number of ether oxygens (including phenoxy) is 2. The standard InChI is InChI=1S/C18H25ClN2O3/c1-4-8-24-17-15(19)9-13(10-16(17)23-3)11-21-7-6-14(12-21)18(22)20-5-2/h4,9-10,14H,1,5-8,11-12H2,2-3H3,(H,20,22)/t14-/m0/s1. The predicted molar refractivity (Wildman–Crippen MR) is 95.8 cm³/mol. The minimum Gasteiger partial charge on any atom is -0.493 e. The summed E-state index contributed by atoms with van der Waals surface area (Å²) >= 11 is 6.33. The van der Waals surface area contributed by atoms with E-state index in [-0.39, 0.29) is 11.8 Å². The summed E-state index contributed by atoms with van der Waals surface area (Å²) < 4.78 is 11.0. The molecular weight excluding hydrogens is 328 g/mol. The van der Waals surface area contributed by atoms with E-state index in [2.05, 4.69) is 16.8 Å². The molecule has 1 amide bonds. The maximum atomic E-state index is 11.9. The topological polar surface area (TPSA) is 50.8 Å². The van der Waals surface area contributed by atoms with Crippen molar-refractivity contribution in [1.29, 1.82) is 0 Å². The Morgan fingerprint density at radius 2 is 2.33 bits per heavy atom. The number of likely N-dealkylation sites (tertiary alicyclic amines) is 1. The molecule has 0 radical (unpaired) electrons. The first kappa shape index (κ1) is 18.6. The van der Waals surface area contributed by atoms with Crippen molar-refractivity contribution in [2.24, 2.45) is 5.92 Å². The molecule has 2 rings (SSSR count). The second-order valence-corrected chi connectivity index (χ2v) is 6.23. The van der Waals surface area contributed by atoms with E-state index in [1.165, 1.54) is 0 Å². The van der Waals surface area contributed by atoms with Crippen LogP contribution in [0.15, 0.2) is 24.8 Å².